The first kappa shape index (κ1) is 17.6. The number of ketones is 1. The number of fused-ring (bicyclic) bond motifs is 1. The summed E-state index contributed by atoms with van der Waals surface area (Å²) >= 11 is 0. The number of carbonyl (C=O) groups excluding carboxylic acids is 1. The summed E-state index contributed by atoms with van der Waals surface area (Å²) < 4.78 is 27.2. The van der Waals surface area contributed by atoms with Crippen LogP contribution in [0.1, 0.15) is 27.9 Å². The maximum absolute atomic E-state index is 13.9. The van der Waals surface area contributed by atoms with Crippen molar-refractivity contribution < 1.29 is 13.6 Å². The van der Waals surface area contributed by atoms with Crippen molar-refractivity contribution in [2.24, 2.45) is 0 Å². The largest absolute Gasteiger partial charge is 0.361 e. The average Bonchev–Trinajstić information content (AvgIpc) is 3.07. The number of hydrogen-bond donors (Lipinski definition) is 1. The molecule has 0 fully saturated rings. The molecule has 0 radical (unpaired) electrons. The maximum atomic E-state index is 13.9. The van der Waals surface area contributed by atoms with E-state index in [1.807, 2.05) is 24.4 Å². The number of rotatable bonds is 4. The lowest BCUT2D eigenvalue weighted by Crippen LogP contribution is -2.23. The minimum Gasteiger partial charge on any atom is -0.361 e. The van der Waals surface area contributed by atoms with Crippen molar-refractivity contribution in [2.45, 2.75) is 12.8 Å². The first-order chi connectivity index (χ1) is 13.0. The zero-order valence-electron chi connectivity index (χ0n) is 15.1. The SMILES string of the molecule is CN1CC=C(c2c[nH]c3ccc(CC(=O)c4cc(F)ccc4F)cc23)CC1. The highest BCUT2D eigenvalue weighted by molar-refractivity contribution is 5.99. The summed E-state index contributed by atoms with van der Waals surface area (Å²) in [5.74, 6) is -1.74. The maximum Gasteiger partial charge on any atom is 0.170 e. The number of benzene rings is 2. The molecular formula is C22H20F2N2O. The van der Waals surface area contributed by atoms with E-state index in [1.165, 1.54) is 5.57 Å². The van der Waals surface area contributed by atoms with Gasteiger partial charge in [-0.25, -0.2) is 8.78 Å². The molecule has 0 atom stereocenters. The Kier molecular flexibility index (Phi) is 4.62. The van der Waals surface area contributed by atoms with Crippen LogP contribution in [0.3, 0.4) is 0 Å². The summed E-state index contributed by atoms with van der Waals surface area (Å²) in [6.45, 7) is 1.93. The van der Waals surface area contributed by atoms with Crippen molar-refractivity contribution >= 4 is 22.3 Å². The van der Waals surface area contributed by atoms with Gasteiger partial charge >= 0.3 is 0 Å². The second-order valence-corrected chi connectivity index (χ2v) is 7.05. The van der Waals surface area contributed by atoms with Gasteiger partial charge in [-0.05, 0) is 54.9 Å². The molecule has 1 aromatic heterocycles. The predicted octanol–water partition coefficient (Wildman–Crippen LogP) is 4.59. The fourth-order valence-electron chi connectivity index (χ4n) is 3.55. The van der Waals surface area contributed by atoms with Crippen molar-refractivity contribution in [3.8, 4) is 0 Å². The molecule has 27 heavy (non-hydrogen) atoms. The van der Waals surface area contributed by atoms with Crippen LogP contribution in [0.25, 0.3) is 16.5 Å². The fraction of sp³-hybridized carbons (Fsp3) is 0.227. The van der Waals surface area contributed by atoms with Crippen LogP contribution in [0.2, 0.25) is 0 Å². The van der Waals surface area contributed by atoms with Gasteiger partial charge in [-0.1, -0.05) is 12.1 Å². The highest BCUT2D eigenvalue weighted by Crippen LogP contribution is 2.30. The molecule has 0 unspecified atom stereocenters. The molecule has 0 aliphatic carbocycles. The minimum atomic E-state index is -0.693. The van der Waals surface area contributed by atoms with Crippen LogP contribution in [-0.4, -0.2) is 35.8 Å². The van der Waals surface area contributed by atoms with E-state index in [0.29, 0.717) is 0 Å². The molecule has 3 nitrogen and oxygen atoms in total. The number of H-pyrrole nitrogens is 1. The summed E-state index contributed by atoms with van der Waals surface area (Å²) in [5, 5.41) is 1.05. The molecule has 0 spiro atoms. The highest BCUT2D eigenvalue weighted by Gasteiger charge is 2.16. The van der Waals surface area contributed by atoms with Gasteiger partial charge in [-0.3, -0.25) is 4.79 Å². The first-order valence-corrected chi connectivity index (χ1v) is 8.97. The fourth-order valence-corrected chi connectivity index (χ4v) is 3.55. The molecule has 1 aliphatic rings. The van der Waals surface area contributed by atoms with Gasteiger partial charge in [0.2, 0.25) is 0 Å². The molecule has 3 aromatic rings. The lowest BCUT2D eigenvalue weighted by atomic mass is 9.96. The lowest BCUT2D eigenvalue weighted by molar-refractivity contribution is 0.0988. The van der Waals surface area contributed by atoms with Crippen molar-refractivity contribution in [3.05, 3.63) is 77.0 Å². The zero-order valence-corrected chi connectivity index (χ0v) is 15.1. The number of nitrogens with one attached hydrogen (secondary N) is 1. The van der Waals surface area contributed by atoms with Crippen LogP contribution in [0.4, 0.5) is 8.78 Å². The van der Waals surface area contributed by atoms with Crippen molar-refractivity contribution in [2.75, 3.05) is 20.1 Å². The molecule has 0 bridgehead atoms. The molecular weight excluding hydrogens is 346 g/mol. The normalized spacial score (nSPS) is 15.1. The van der Waals surface area contributed by atoms with Crippen molar-refractivity contribution in [3.63, 3.8) is 0 Å². The highest BCUT2D eigenvalue weighted by atomic mass is 19.1. The third kappa shape index (κ3) is 3.55. The standard InChI is InChI=1S/C22H20F2N2O/c1-26-8-6-15(7-9-26)19-13-25-21-5-2-14(10-17(19)21)11-22(27)18-12-16(23)3-4-20(18)24/h2-6,10,12-13,25H,7-9,11H2,1H3. The Morgan fingerprint density at radius 3 is 2.81 bits per heavy atom. The summed E-state index contributed by atoms with van der Waals surface area (Å²) in [5.41, 5.74) is 4.01. The Hall–Kier alpha value is -2.79. The smallest absolute Gasteiger partial charge is 0.170 e. The number of likely N-dealkylation sites (N-methyl/N-ethyl adjacent to an activating group) is 1. The predicted molar refractivity (Wildman–Crippen MR) is 103 cm³/mol. The van der Waals surface area contributed by atoms with Gasteiger partial charge in [0.25, 0.3) is 0 Å². The van der Waals surface area contributed by atoms with E-state index >= 15 is 0 Å². The van der Waals surface area contributed by atoms with Gasteiger partial charge < -0.3 is 9.88 Å². The van der Waals surface area contributed by atoms with Gasteiger partial charge in [0.05, 0.1) is 5.56 Å². The summed E-state index contributed by atoms with van der Waals surface area (Å²) in [6, 6.07) is 8.71. The van der Waals surface area contributed by atoms with Crippen LogP contribution in [-0.2, 0) is 6.42 Å². The van der Waals surface area contributed by atoms with Gasteiger partial charge in [0.15, 0.2) is 5.78 Å². The summed E-state index contributed by atoms with van der Waals surface area (Å²) in [4.78, 5) is 18.0. The van der Waals surface area contributed by atoms with Crippen LogP contribution < -0.4 is 0 Å². The van der Waals surface area contributed by atoms with Gasteiger partial charge in [-0.15, -0.1) is 0 Å². The molecule has 0 saturated carbocycles. The molecule has 5 heteroatoms. The van der Waals surface area contributed by atoms with Crippen LogP contribution >= 0.6 is 0 Å². The molecule has 2 heterocycles. The van der Waals surface area contributed by atoms with Gasteiger partial charge in [-0.2, -0.15) is 0 Å². The molecule has 1 aliphatic heterocycles. The van der Waals surface area contributed by atoms with E-state index in [1.54, 1.807) is 0 Å². The number of carbonyl (C=O) groups is 1. The summed E-state index contributed by atoms with van der Waals surface area (Å²) in [7, 11) is 2.10. The number of aromatic amines is 1. The number of halogens is 2. The van der Waals surface area contributed by atoms with Crippen LogP contribution in [0.5, 0.6) is 0 Å². The number of aromatic nitrogens is 1. The zero-order chi connectivity index (χ0) is 19.0. The van der Waals surface area contributed by atoms with E-state index in [-0.39, 0.29) is 12.0 Å². The second-order valence-electron chi connectivity index (χ2n) is 7.05. The third-order valence-electron chi connectivity index (χ3n) is 5.10. The monoisotopic (exact) mass is 366 g/mol. The molecule has 0 amide bonds. The Bertz CT molecular complexity index is 1050. The lowest BCUT2D eigenvalue weighted by Gasteiger charge is -2.21. The van der Waals surface area contributed by atoms with E-state index in [2.05, 4.69) is 23.0 Å². The topological polar surface area (TPSA) is 36.1 Å². The molecule has 0 saturated heterocycles. The van der Waals surface area contributed by atoms with E-state index < -0.39 is 17.4 Å². The summed E-state index contributed by atoms with van der Waals surface area (Å²) in [6.07, 6.45) is 5.23. The molecule has 4 rings (SSSR count). The molecule has 138 valence electrons. The number of nitrogens with zero attached hydrogens (tertiary/aromatic N) is 1. The number of hydrogen-bond acceptors (Lipinski definition) is 2. The second kappa shape index (κ2) is 7.08. The van der Waals surface area contributed by atoms with Gasteiger partial charge in [0, 0.05) is 42.2 Å². The molecule has 1 N–H and O–H groups in total. The first-order valence-electron chi connectivity index (χ1n) is 8.97. The van der Waals surface area contributed by atoms with Gasteiger partial charge in [0.1, 0.15) is 11.6 Å². The molecule has 2 aromatic carbocycles. The third-order valence-corrected chi connectivity index (χ3v) is 5.10. The quantitative estimate of drug-likeness (QED) is 0.686. The Balaban J connectivity index is 1.64. The average molecular weight is 366 g/mol. The minimum absolute atomic E-state index is 0.0305. The van der Waals surface area contributed by atoms with Crippen LogP contribution in [0.15, 0.2) is 48.7 Å². The van der Waals surface area contributed by atoms with Crippen LogP contribution in [0, 0.1) is 11.6 Å². The van der Waals surface area contributed by atoms with E-state index in [9.17, 15) is 13.6 Å². The van der Waals surface area contributed by atoms with Crippen molar-refractivity contribution in [1.82, 2.24) is 9.88 Å². The Labute approximate surface area is 156 Å². The van der Waals surface area contributed by atoms with E-state index in [0.717, 1.165) is 59.7 Å². The Morgan fingerprint density at radius 2 is 2.04 bits per heavy atom. The Morgan fingerprint density at radius 1 is 1.19 bits per heavy atom. The number of Topliss-reactive ketones (excluding diaryl/α,β-unsaturated/α-hetero) is 1. The van der Waals surface area contributed by atoms with E-state index in [4.69, 9.17) is 0 Å². The van der Waals surface area contributed by atoms with Crippen molar-refractivity contribution in [1.29, 1.82) is 0 Å².